The molecule has 1 aromatic carbocycles. The van der Waals surface area contributed by atoms with Crippen LogP contribution in [-0.4, -0.2) is 20.2 Å². The monoisotopic (exact) mass is 248 g/mol. The predicted octanol–water partition coefficient (Wildman–Crippen LogP) is 2.31. The summed E-state index contributed by atoms with van der Waals surface area (Å²) in [4.78, 5) is 0. The molecule has 1 aliphatic rings. The van der Waals surface area contributed by atoms with Crippen molar-refractivity contribution in [2.75, 3.05) is 20.2 Å². The standard InChI is InChI=1S/C15H24N2O/c1-10-6-11(2)15(18-3)13(7-10)14(16)8-12-4-5-17-9-12/h6-7,12,14,17H,4-5,8-9,16H2,1-3H3. The molecule has 100 valence electrons. The van der Waals surface area contributed by atoms with Gasteiger partial charge in [0.05, 0.1) is 7.11 Å². The van der Waals surface area contributed by atoms with Crippen molar-refractivity contribution in [2.45, 2.75) is 32.7 Å². The van der Waals surface area contributed by atoms with Crippen LogP contribution in [0, 0.1) is 19.8 Å². The molecule has 3 N–H and O–H groups in total. The van der Waals surface area contributed by atoms with Gasteiger partial charge in [-0.15, -0.1) is 0 Å². The first kappa shape index (κ1) is 13.4. The highest BCUT2D eigenvalue weighted by Crippen LogP contribution is 2.32. The van der Waals surface area contributed by atoms with Gasteiger partial charge in [0.1, 0.15) is 5.75 Å². The Hall–Kier alpha value is -1.06. The summed E-state index contributed by atoms with van der Waals surface area (Å²) >= 11 is 0. The number of methoxy groups -OCH3 is 1. The van der Waals surface area contributed by atoms with E-state index < -0.39 is 0 Å². The molecule has 1 fully saturated rings. The average Bonchev–Trinajstić information content (AvgIpc) is 2.80. The molecule has 18 heavy (non-hydrogen) atoms. The van der Waals surface area contributed by atoms with Gasteiger partial charge in [0.15, 0.2) is 0 Å². The van der Waals surface area contributed by atoms with Crippen LogP contribution in [-0.2, 0) is 0 Å². The molecule has 3 heteroatoms. The number of rotatable bonds is 4. The smallest absolute Gasteiger partial charge is 0.126 e. The molecular weight excluding hydrogens is 224 g/mol. The second kappa shape index (κ2) is 5.72. The number of ether oxygens (including phenoxy) is 1. The van der Waals surface area contributed by atoms with E-state index in [1.165, 1.54) is 17.5 Å². The number of nitrogens with one attached hydrogen (secondary N) is 1. The highest BCUT2D eigenvalue weighted by Gasteiger charge is 2.21. The van der Waals surface area contributed by atoms with E-state index in [4.69, 9.17) is 10.5 Å². The number of benzene rings is 1. The number of nitrogens with two attached hydrogens (primary N) is 1. The topological polar surface area (TPSA) is 47.3 Å². The number of hydrogen-bond acceptors (Lipinski definition) is 3. The Morgan fingerprint density at radius 3 is 2.83 bits per heavy atom. The molecular formula is C15H24N2O. The van der Waals surface area contributed by atoms with Crippen LogP contribution in [0.1, 0.15) is 35.6 Å². The molecule has 0 amide bonds. The third-order valence-corrected chi connectivity index (χ3v) is 3.80. The quantitative estimate of drug-likeness (QED) is 0.859. The van der Waals surface area contributed by atoms with Crippen molar-refractivity contribution in [1.29, 1.82) is 0 Å². The van der Waals surface area contributed by atoms with Crippen LogP contribution < -0.4 is 15.8 Å². The van der Waals surface area contributed by atoms with Gasteiger partial charge in [-0.1, -0.05) is 17.7 Å². The minimum Gasteiger partial charge on any atom is -0.496 e. The SMILES string of the molecule is COc1c(C)cc(C)cc1C(N)CC1CCNC1. The van der Waals surface area contributed by atoms with Gasteiger partial charge in [-0.2, -0.15) is 0 Å². The molecule has 3 nitrogen and oxygen atoms in total. The minimum absolute atomic E-state index is 0.0726. The van der Waals surface area contributed by atoms with E-state index in [9.17, 15) is 0 Å². The Kier molecular flexibility index (Phi) is 4.25. The molecule has 0 aromatic heterocycles. The largest absolute Gasteiger partial charge is 0.496 e. The normalized spacial score (nSPS) is 21.0. The van der Waals surface area contributed by atoms with Crippen LogP contribution in [0.3, 0.4) is 0 Å². The van der Waals surface area contributed by atoms with Gasteiger partial charge >= 0.3 is 0 Å². The lowest BCUT2D eigenvalue weighted by Crippen LogP contribution is -2.18. The van der Waals surface area contributed by atoms with Crippen LogP contribution in [0.25, 0.3) is 0 Å². The van der Waals surface area contributed by atoms with Crippen LogP contribution in [0.15, 0.2) is 12.1 Å². The zero-order chi connectivity index (χ0) is 13.1. The molecule has 0 bridgehead atoms. The van der Waals surface area contributed by atoms with E-state index >= 15 is 0 Å². The van der Waals surface area contributed by atoms with Crippen molar-refractivity contribution in [3.63, 3.8) is 0 Å². The maximum Gasteiger partial charge on any atom is 0.126 e. The van der Waals surface area contributed by atoms with Gasteiger partial charge < -0.3 is 15.8 Å². The lowest BCUT2D eigenvalue weighted by molar-refractivity contribution is 0.393. The second-order valence-corrected chi connectivity index (χ2v) is 5.41. The molecule has 1 heterocycles. The van der Waals surface area contributed by atoms with Gasteiger partial charge in [-0.25, -0.2) is 0 Å². The van der Waals surface area contributed by atoms with Crippen LogP contribution in [0.4, 0.5) is 0 Å². The molecule has 1 saturated heterocycles. The summed E-state index contributed by atoms with van der Waals surface area (Å²) in [5.41, 5.74) is 9.96. The molecule has 0 spiro atoms. The molecule has 0 saturated carbocycles. The van der Waals surface area contributed by atoms with Gasteiger partial charge in [0, 0.05) is 11.6 Å². The van der Waals surface area contributed by atoms with Crippen molar-refractivity contribution in [2.24, 2.45) is 11.7 Å². The van der Waals surface area contributed by atoms with Crippen LogP contribution in [0.5, 0.6) is 5.75 Å². The molecule has 0 aliphatic carbocycles. The Labute approximate surface area is 110 Å². The summed E-state index contributed by atoms with van der Waals surface area (Å²) in [7, 11) is 1.73. The summed E-state index contributed by atoms with van der Waals surface area (Å²) in [6, 6.07) is 4.38. The van der Waals surface area contributed by atoms with Gasteiger partial charge in [-0.05, 0) is 51.3 Å². The van der Waals surface area contributed by atoms with Gasteiger partial charge in [0.25, 0.3) is 0 Å². The first-order valence-electron chi connectivity index (χ1n) is 6.73. The van der Waals surface area contributed by atoms with Gasteiger partial charge in [-0.3, -0.25) is 0 Å². The molecule has 1 aromatic rings. The fraction of sp³-hybridized carbons (Fsp3) is 0.600. The van der Waals surface area contributed by atoms with Crippen molar-refractivity contribution < 1.29 is 4.74 Å². The molecule has 2 rings (SSSR count). The molecule has 2 atom stereocenters. The van der Waals surface area contributed by atoms with E-state index in [2.05, 4.69) is 31.3 Å². The highest BCUT2D eigenvalue weighted by atomic mass is 16.5. The summed E-state index contributed by atoms with van der Waals surface area (Å²) in [6.07, 6.45) is 2.27. The maximum absolute atomic E-state index is 6.38. The first-order chi connectivity index (χ1) is 8.61. The van der Waals surface area contributed by atoms with Crippen molar-refractivity contribution in [1.82, 2.24) is 5.32 Å². The van der Waals surface area contributed by atoms with Crippen LogP contribution in [0.2, 0.25) is 0 Å². The van der Waals surface area contributed by atoms with E-state index in [0.717, 1.165) is 30.8 Å². The zero-order valence-corrected chi connectivity index (χ0v) is 11.6. The third kappa shape index (κ3) is 2.85. The third-order valence-electron chi connectivity index (χ3n) is 3.80. The first-order valence-corrected chi connectivity index (χ1v) is 6.73. The maximum atomic E-state index is 6.38. The summed E-state index contributed by atoms with van der Waals surface area (Å²) in [5, 5.41) is 3.39. The summed E-state index contributed by atoms with van der Waals surface area (Å²) < 4.78 is 5.52. The van der Waals surface area contributed by atoms with Crippen molar-refractivity contribution >= 4 is 0 Å². The Bertz CT molecular complexity index is 411. The Balaban J connectivity index is 2.19. The fourth-order valence-corrected chi connectivity index (χ4v) is 2.94. The lowest BCUT2D eigenvalue weighted by Gasteiger charge is -2.20. The minimum atomic E-state index is 0.0726. The van der Waals surface area contributed by atoms with E-state index in [1.54, 1.807) is 7.11 Å². The second-order valence-electron chi connectivity index (χ2n) is 5.41. The Morgan fingerprint density at radius 1 is 1.44 bits per heavy atom. The van der Waals surface area contributed by atoms with Gasteiger partial charge in [0.2, 0.25) is 0 Å². The van der Waals surface area contributed by atoms with Crippen molar-refractivity contribution in [3.05, 3.63) is 28.8 Å². The average molecular weight is 248 g/mol. The molecule has 1 aliphatic heterocycles. The van der Waals surface area contributed by atoms with Crippen LogP contribution >= 0.6 is 0 Å². The van der Waals surface area contributed by atoms with E-state index in [0.29, 0.717) is 5.92 Å². The predicted molar refractivity (Wildman–Crippen MR) is 75.0 cm³/mol. The zero-order valence-electron chi connectivity index (χ0n) is 11.6. The van der Waals surface area contributed by atoms with Crippen molar-refractivity contribution in [3.8, 4) is 5.75 Å². The lowest BCUT2D eigenvalue weighted by atomic mass is 9.92. The molecule has 2 unspecified atom stereocenters. The summed E-state index contributed by atoms with van der Waals surface area (Å²) in [5.74, 6) is 1.66. The Morgan fingerprint density at radius 2 is 2.22 bits per heavy atom. The number of hydrogen-bond donors (Lipinski definition) is 2. The van der Waals surface area contributed by atoms with E-state index in [-0.39, 0.29) is 6.04 Å². The number of aryl methyl sites for hydroxylation is 2. The summed E-state index contributed by atoms with van der Waals surface area (Å²) in [6.45, 7) is 6.42. The van der Waals surface area contributed by atoms with E-state index in [1.807, 2.05) is 0 Å². The fourth-order valence-electron chi connectivity index (χ4n) is 2.94. The molecule has 0 radical (unpaired) electrons. The highest BCUT2D eigenvalue weighted by molar-refractivity contribution is 5.45.